The van der Waals surface area contributed by atoms with Gasteiger partial charge in [0, 0.05) is 11.0 Å². The quantitative estimate of drug-likeness (QED) is 0.920. The summed E-state index contributed by atoms with van der Waals surface area (Å²) in [6, 6.07) is 16.2. The van der Waals surface area contributed by atoms with E-state index < -0.39 is 0 Å². The molecule has 2 nitrogen and oxygen atoms in total. The van der Waals surface area contributed by atoms with Gasteiger partial charge in [0.1, 0.15) is 6.07 Å². The van der Waals surface area contributed by atoms with Crippen LogP contribution in [0, 0.1) is 18.3 Å². The van der Waals surface area contributed by atoms with Crippen molar-refractivity contribution in [3.8, 4) is 6.07 Å². The fraction of sp³-hybridized carbons (Fsp3) is 0.133. The molecule has 0 heterocycles. The zero-order valence-electron chi connectivity index (χ0n) is 10.1. The average molecular weight is 301 g/mol. The van der Waals surface area contributed by atoms with Crippen molar-refractivity contribution in [3.05, 3.63) is 63.6 Å². The Labute approximate surface area is 115 Å². The molecule has 0 saturated heterocycles. The van der Waals surface area contributed by atoms with Crippen molar-refractivity contribution < 1.29 is 0 Å². The Morgan fingerprint density at radius 1 is 1.22 bits per heavy atom. The van der Waals surface area contributed by atoms with Crippen LogP contribution < -0.4 is 5.32 Å². The first-order chi connectivity index (χ1) is 8.69. The third kappa shape index (κ3) is 3.12. The van der Waals surface area contributed by atoms with E-state index in [1.165, 1.54) is 5.56 Å². The highest BCUT2D eigenvalue weighted by Gasteiger charge is 2.02. The Morgan fingerprint density at radius 3 is 2.78 bits per heavy atom. The summed E-state index contributed by atoms with van der Waals surface area (Å²) in [5.74, 6) is 0. The topological polar surface area (TPSA) is 35.8 Å². The van der Waals surface area contributed by atoms with Crippen LogP contribution in [0.15, 0.2) is 46.9 Å². The molecule has 3 heteroatoms. The van der Waals surface area contributed by atoms with Crippen molar-refractivity contribution >= 4 is 21.6 Å². The van der Waals surface area contributed by atoms with Crippen LogP contribution in [0.2, 0.25) is 0 Å². The van der Waals surface area contributed by atoms with Crippen molar-refractivity contribution in [2.75, 3.05) is 5.32 Å². The molecule has 0 bridgehead atoms. The number of benzene rings is 2. The molecule has 1 N–H and O–H groups in total. The summed E-state index contributed by atoms with van der Waals surface area (Å²) in [5.41, 5.74) is 3.83. The normalized spacial score (nSPS) is 9.83. The SMILES string of the molecule is Cc1ccc(NCc2cccc(Br)c2)c(C#N)c1. The van der Waals surface area contributed by atoms with E-state index in [0.717, 1.165) is 15.7 Å². The van der Waals surface area contributed by atoms with Crippen LogP contribution in [0.25, 0.3) is 0 Å². The summed E-state index contributed by atoms with van der Waals surface area (Å²) in [5, 5.41) is 12.4. The Morgan fingerprint density at radius 2 is 2.06 bits per heavy atom. The number of aryl methyl sites for hydroxylation is 1. The molecular weight excluding hydrogens is 288 g/mol. The lowest BCUT2D eigenvalue weighted by Crippen LogP contribution is -2.01. The molecule has 0 amide bonds. The number of nitrogens with one attached hydrogen (secondary N) is 1. The zero-order chi connectivity index (χ0) is 13.0. The van der Waals surface area contributed by atoms with E-state index in [1.54, 1.807) is 0 Å². The van der Waals surface area contributed by atoms with E-state index in [0.29, 0.717) is 12.1 Å². The number of hydrogen-bond donors (Lipinski definition) is 1. The fourth-order valence-corrected chi connectivity index (χ4v) is 2.20. The van der Waals surface area contributed by atoms with E-state index in [4.69, 9.17) is 5.26 Å². The Bertz CT molecular complexity index is 600. The highest BCUT2D eigenvalue weighted by atomic mass is 79.9. The van der Waals surface area contributed by atoms with Crippen LogP contribution in [0.1, 0.15) is 16.7 Å². The maximum atomic E-state index is 9.09. The van der Waals surface area contributed by atoms with Crippen molar-refractivity contribution in [1.82, 2.24) is 0 Å². The minimum atomic E-state index is 0.685. The molecule has 0 aliphatic carbocycles. The first-order valence-electron chi connectivity index (χ1n) is 5.68. The van der Waals surface area contributed by atoms with Gasteiger partial charge in [-0.3, -0.25) is 0 Å². The highest BCUT2D eigenvalue weighted by molar-refractivity contribution is 9.10. The number of nitrogens with zero attached hydrogens (tertiary/aromatic N) is 1. The van der Waals surface area contributed by atoms with Gasteiger partial charge in [-0.15, -0.1) is 0 Å². The highest BCUT2D eigenvalue weighted by Crippen LogP contribution is 2.18. The van der Waals surface area contributed by atoms with Gasteiger partial charge in [-0.25, -0.2) is 0 Å². The van der Waals surface area contributed by atoms with Crippen LogP contribution in [-0.4, -0.2) is 0 Å². The van der Waals surface area contributed by atoms with Crippen LogP contribution in [0.3, 0.4) is 0 Å². The molecule has 0 aromatic heterocycles. The van der Waals surface area contributed by atoms with E-state index in [-0.39, 0.29) is 0 Å². The second kappa shape index (κ2) is 5.70. The van der Waals surface area contributed by atoms with Crippen molar-refractivity contribution in [2.45, 2.75) is 13.5 Å². The lowest BCUT2D eigenvalue weighted by atomic mass is 10.1. The summed E-state index contributed by atoms with van der Waals surface area (Å²) in [6.07, 6.45) is 0. The molecule has 18 heavy (non-hydrogen) atoms. The Balaban J connectivity index is 2.14. The molecule has 2 rings (SSSR count). The van der Waals surface area contributed by atoms with Crippen LogP contribution in [-0.2, 0) is 6.54 Å². The second-order valence-corrected chi connectivity index (χ2v) is 5.06. The number of anilines is 1. The number of hydrogen-bond acceptors (Lipinski definition) is 2. The standard InChI is InChI=1S/C15H13BrN2/c1-11-5-6-15(13(7-11)9-17)18-10-12-3-2-4-14(16)8-12/h2-8,18H,10H2,1H3. The van der Waals surface area contributed by atoms with Gasteiger partial charge >= 0.3 is 0 Å². The Kier molecular flexibility index (Phi) is 4.01. The van der Waals surface area contributed by atoms with E-state index in [2.05, 4.69) is 39.4 Å². The minimum absolute atomic E-state index is 0.685. The number of nitriles is 1. The average Bonchev–Trinajstić information content (AvgIpc) is 2.37. The smallest absolute Gasteiger partial charge is 0.101 e. The lowest BCUT2D eigenvalue weighted by molar-refractivity contribution is 1.14. The van der Waals surface area contributed by atoms with Crippen LogP contribution in [0.4, 0.5) is 5.69 Å². The summed E-state index contributed by atoms with van der Waals surface area (Å²) in [7, 11) is 0. The summed E-state index contributed by atoms with van der Waals surface area (Å²) in [4.78, 5) is 0. The van der Waals surface area contributed by atoms with Gasteiger partial charge in [-0.1, -0.05) is 34.1 Å². The molecule has 0 radical (unpaired) electrons. The molecule has 0 fully saturated rings. The summed E-state index contributed by atoms with van der Waals surface area (Å²) in [6.45, 7) is 2.69. The van der Waals surface area contributed by atoms with E-state index in [1.807, 2.05) is 37.3 Å². The molecule has 0 atom stereocenters. The van der Waals surface area contributed by atoms with Gasteiger partial charge in [0.05, 0.1) is 11.3 Å². The fourth-order valence-electron chi connectivity index (χ4n) is 1.75. The van der Waals surface area contributed by atoms with Gasteiger partial charge < -0.3 is 5.32 Å². The molecule has 0 aliphatic heterocycles. The van der Waals surface area contributed by atoms with E-state index >= 15 is 0 Å². The predicted octanol–water partition coefficient (Wildman–Crippen LogP) is 4.24. The van der Waals surface area contributed by atoms with Gasteiger partial charge in [0.2, 0.25) is 0 Å². The van der Waals surface area contributed by atoms with Gasteiger partial charge in [-0.05, 0) is 42.3 Å². The van der Waals surface area contributed by atoms with Gasteiger partial charge in [-0.2, -0.15) is 5.26 Å². The maximum Gasteiger partial charge on any atom is 0.101 e. The predicted molar refractivity (Wildman–Crippen MR) is 77.4 cm³/mol. The van der Waals surface area contributed by atoms with E-state index in [9.17, 15) is 0 Å². The summed E-state index contributed by atoms with van der Waals surface area (Å²) >= 11 is 3.45. The molecule has 90 valence electrons. The zero-order valence-corrected chi connectivity index (χ0v) is 11.7. The number of halogens is 1. The number of rotatable bonds is 3. The third-order valence-corrected chi connectivity index (χ3v) is 3.16. The monoisotopic (exact) mass is 300 g/mol. The molecule has 0 spiro atoms. The Hall–Kier alpha value is -1.79. The maximum absolute atomic E-state index is 9.09. The first-order valence-corrected chi connectivity index (χ1v) is 6.47. The third-order valence-electron chi connectivity index (χ3n) is 2.67. The molecule has 0 aliphatic rings. The van der Waals surface area contributed by atoms with Crippen LogP contribution in [0.5, 0.6) is 0 Å². The molecule has 2 aromatic carbocycles. The van der Waals surface area contributed by atoms with Gasteiger partial charge in [0.15, 0.2) is 0 Å². The second-order valence-electron chi connectivity index (χ2n) is 4.14. The van der Waals surface area contributed by atoms with Crippen LogP contribution >= 0.6 is 15.9 Å². The molecule has 2 aromatic rings. The summed E-state index contributed by atoms with van der Waals surface area (Å²) < 4.78 is 1.06. The molecule has 0 unspecified atom stereocenters. The lowest BCUT2D eigenvalue weighted by Gasteiger charge is -2.09. The van der Waals surface area contributed by atoms with Crippen molar-refractivity contribution in [2.24, 2.45) is 0 Å². The largest absolute Gasteiger partial charge is 0.380 e. The molecule has 0 saturated carbocycles. The molecular formula is C15H13BrN2. The minimum Gasteiger partial charge on any atom is -0.380 e. The van der Waals surface area contributed by atoms with Crippen molar-refractivity contribution in [1.29, 1.82) is 5.26 Å². The van der Waals surface area contributed by atoms with Gasteiger partial charge in [0.25, 0.3) is 0 Å². The first kappa shape index (κ1) is 12.7. The van der Waals surface area contributed by atoms with Crippen molar-refractivity contribution in [3.63, 3.8) is 0 Å².